The zero-order valence-electron chi connectivity index (χ0n) is 13.2. The van der Waals surface area contributed by atoms with E-state index >= 15 is 0 Å². The van der Waals surface area contributed by atoms with Gasteiger partial charge < -0.3 is 5.32 Å². The van der Waals surface area contributed by atoms with Crippen molar-refractivity contribution < 1.29 is 13.2 Å². The molecule has 1 fully saturated rings. The topological polar surface area (TPSA) is 66.5 Å². The summed E-state index contributed by atoms with van der Waals surface area (Å²) in [6.07, 6.45) is 0. The van der Waals surface area contributed by atoms with Crippen LogP contribution in [0, 0.1) is 6.92 Å². The molecular formula is C16H18N2O3S3. The number of thioether (sulfide) groups is 1. The number of hydrogen-bond acceptors (Lipinski definition) is 5. The van der Waals surface area contributed by atoms with Gasteiger partial charge in [-0.15, -0.1) is 11.3 Å². The molecular weight excluding hydrogens is 364 g/mol. The summed E-state index contributed by atoms with van der Waals surface area (Å²) in [7, 11) is -3.62. The Morgan fingerprint density at radius 1 is 1.12 bits per heavy atom. The maximum absolute atomic E-state index is 12.8. The van der Waals surface area contributed by atoms with Gasteiger partial charge in [-0.1, -0.05) is 17.7 Å². The summed E-state index contributed by atoms with van der Waals surface area (Å²) in [5, 5.41) is 4.42. The van der Waals surface area contributed by atoms with Gasteiger partial charge in [-0.2, -0.15) is 16.1 Å². The third-order valence-electron chi connectivity index (χ3n) is 3.73. The number of anilines is 1. The lowest BCUT2D eigenvalue weighted by Crippen LogP contribution is -2.38. The van der Waals surface area contributed by atoms with E-state index in [1.807, 2.05) is 19.1 Å². The number of carbonyl (C=O) groups is 1. The highest BCUT2D eigenvalue weighted by Gasteiger charge is 2.31. The van der Waals surface area contributed by atoms with Gasteiger partial charge in [-0.05, 0) is 30.5 Å². The Hall–Kier alpha value is -1.35. The summed E-state index contributed by atoms with van der Waals surface area (Å²) in [6, 6.07) is 8.92. The second kappa shape index (κ2) is 7.26. The number of hydrogen-bond donors (Lipinski definition) is 1. The van der Waals surface area contributed by atoms with Crippen LogP contribution < -0.4 is 5.32 Å². The number of nitrogens with zero attached hydrogens (tertiary/aromatic N) is 1. The van der Waals surface area contributed by atoms with E-state index in [1.165, 1.54) is 10.4 Å². The van der Waals surface area contributed by atoms with Crippen molar-refractivity contribution >= 4 is 44.7 Å². The zero-order chi connectivity index (χ0) is 17.2. The molecule has 1 amide bonds. The molecule has 0 atom stereocenters. The van der Waals surface area contributed by atoms with E-state index in [2.05, 4.69) is 5.32 Å². The van der Waals surface area contributed by atoms with Crippen LogP contribution in [0.1, 0.15) is 15.2 Å². The SMILES string of the molecule is Cc1ccc(NC(=O)c2sccc2S(=O)(=O)N2CCSCC2)cc1. The normalized spacial score (nSPS) is 16.0. The first-order valence-electron chi connectivity index (χ1n) is 7.52. The average Bonchev–Trinajstić information content (AvgIpc) is 3.08. The highest BCUT2D eigenvalue weighted by molar-refractivity contribution is 7.99. The Balaban J connectivity index is 1.84. The van der Waals surface area contributed by atoms with Crippen LogP contribution in [0.3, 0.4) is 0 Å². The lowest BCUT2D eigenvalue weighted by Gasteiger charge is -2.25. The van der Waals surface area contributed by atoms with Crippen molar-refractivity contribution in [1.29, 1.82) is 0 Å². The number of nitrogens with one attached hydrogen (secondary N) is 1. The number of benzene rings is 1. The van der Waals surface area contributed by atoms with E-state index in [1.54, 1.807) is 29.3 Å². The molecule has 2 heterocycles. The molecule has 5 nitrogen and oxygen atoms in total. The molecule has 0 saturated carbocycles. The van der Waals surface area contributed by atoms with Gasteiger partial charge >= 0.3 is 0 Å². The van der Waals surface area contributed by atoms with Gasteiger partial charge in [0.15, 0.2) is 0 Å². The zero-order valence-corrected chi connectivity index (χ0v) is 15.6. The molecule has 1 aromatic carbocycles. The van der Waals surface area contributed by atoms with Crippen LogP contribution in [0.25, 0.3) is 0 Å². The van der Waals surface area contributed by atoms with Gasteiger partial charge in [0.25, 0.3) is 5.91 Å². The third kappa shape index (κ3) is 3.66. The summed E-state index contributed by atoms with van der Waals surface area (Å²) in [6.45, 7) is 2.94. The number of carbonyl (C=O) groups excluding carboxylic acids is 1. The van der Waals surface area contributed by atoms with Gasteiger partial charge in [-0.25, -0.2) is 8.42 Å². The largest absolute Gasteiger partial charge is 0.321 e. The standard InChI is InChI=1S/C16H18N2O3S3/c1-12-2-4-13(5-3-12)17-16(19)15-14(6-9-23-15)24(20,21)18-7-10-22-11-8-18/h2-6,9H,7-8,10-11H2,1H3,(H,17,19). The molecule has 1 aromatic heterocycles. The first-order chi connectivity index (χ1) is 11.5. The molecule has 8 heteroatoms. The molecule has 128 valence electrons. The summed E-state index contributed by atoms with van der Waals surface area (Å²) < 4.78 is 27.1. The smallest absolute Gasteiger partial charge is 0.267 e. The Kier molecular flexibility index (Phi) is 5.29. The van der Waals surface area contributed by atoms with Crippen molar-refractivity contribution in [1.82, 2.24) is 4.31 Å². The first kappa shape index (κ1) is 17.5. The van der Waals surface area contributed by atoms with Crippen molar-refractivity contribution in [2.75, 3.05) is 29.9 Å². The fourth-order valence-electron chi connectivity index (χ4n) is 2.42. The van der Waals surface area contributed by atoms with Gasteiger partial charge in [0.05, 0.1) is 0 Å². The Labute approximate surface area is 150 Å². The highest BCUT2D eigenvalue weighted by atomic mass is 32.2. The number of thiophene rings is 1. The fraction of sp³-hybridized carbons (Fsp3) is 0.312. The molecule has 0 bridgehead atoms. The minimum absolute atomic E-state index is 0.101. The molecule has 1 aliphatic heterocycles. The van der Waals surface area contributed by atoms with Crippen LogP contribution in [-0.2, 0) is 10.0 Å². The Morgan fingerprint density at radius 2 is 1.79 bits per heavy atom. The molecule has 1 saturated heterocycles. The molecule has 0 aliphatic carbocycles. The van der Waals surface area contributed by atoms with Crippen LogP contribution in [-0.4, -0.2) is 43.2 Å². The van der Waals surface area contributed by atoms with E-state index < -0.39 is 10.0 Å². The molecule has 3 rings (SSSR count). The maximum Gasteiger partial charge on any atom is 0.267 e. The lowest BCUT2D eigenvalue weighted by atomic mass is 10.2. The Morgan fingerprint density at radius 3 is 2.46 bits per heavy atom. The highest BCUT2D eigenvalue weighted by Crippen LogP contribution is 2.27. The number of amides is 1. The second-order valence-electron chi connectivity index (χ2n) is 5.45. The van der Waals surface area contributed by atoms with Gasteiger partial charge in [0.1, 0.15) is 9.77 Å². The molecule has 1 N–H and O–H groups in total. The summed E-state index contributed by atoms with van der Waals surface area (Å²) in [5.41, 5.74) is 1.74. The molecule has 0 spiro atoms. The molecule has 0 unspecified atom stereocenters. The van der Waals surface area contributed by atoms with Crippen LogP contribution in [0.15, 0.2) is 40.6 Å². The third-order valence-corrected chi connectivity index (χ3v) is 7.66. The minimum atomic E-state index is -3.62. The molecule has 24 heavy (non-hydrogen) atoms. The van der Waals surface area contributed by atoms with Crippen LogP contribution >= 0.6 is 23.1 Å². The number of aryl methyl sites for hydroxylation is 1. The van der Waals surface area contributed by atoms with Gasteiger partial charge in [0.2, 0.25) is 10.0 Å². The van der Waals surface area contributed by atoms with Crippen LogP contribution in [0.4, 0.5) is 5.69 Å². The predicted octanol–water partition coefficient (Wildman–Crippen LogP) is 3.05. The minimum Gasteiger partial charge on any atom is -0.321 e. The summed E-state index contributed by atoms with van der Waals surface area (Å²) in [4.78, 5) is 12.9. The van der Waals surface area contributed by atoms with Crippen molar-refractivity contribution in [2.45, 2.75) is 11.8 Å². The van der Waals surface area contributed by atoms with Gasteiger partial charge in [0, 0.05) is 30.3 Å². The van der Waals surface area contributed by atoms with Crippen LogP contribution in [0.2, 0.25) is 0 Å². The number of sulfonamides is 1. The maximum atomic E-state index is 12.8. The van der Waals surface area contributed by atoms with Crippen molar-refractivity contribution in [3.8, 4) is 0 Å². The quantitative estimate of drug-likeness (QED) is 0.883. The van der Waals surface area contributed by atoms with Crippen molar-refractivity contribution in [3.63, 3.8) is 0 Å². The van der Waals surface area contributed by atoms with E-state index in [4.69, 9.17) is 0 Å². The Bertz CT molecular complexity index is 823. The van der Waals surface area contributed by atoms with E-state index in [0.29, 0.717) is 18.8 Å². The lowest BCUT2D eigenvalue weighted by molar-refractivity contribution is 0.102. The van der Waals surface area contributed by atoms with Crippen LogP contribution in [0.5, 0.6) is 0 Å². The predicted molar refractivity (Wildman–Crippen MR) is 99.5 cm³/mol. The van der Waals surface area contributed by atoms with E-state index in [9.17, 15) is 13.2 Å². The second-order valence-corrected chi connectivity index (χ2v) is 9.50. The fourth-order valence-corrected chi connectivity index (χ4v) is 6.29. The monoisotopic (exact) mass is 382 g/mol. The summed E-state index contributed by atoms with van der Waals surface area (Å²) in [5.74, 6) is 1.18. The molecule has 1 aliphatic rings. The molecule has 0 radical (unpaired) electrons. The van der Waals surface area contributed by atoms with E-state index in [0.717, 1.165) is 28.4 Å². The van der Waals surface area contributed by atoms with Crippen molar-refractivity contribution in [3.05, 3.63) is 46.2 Å². The first-order valence-corrected chi connectivity index (χ1v) is 11.0. The summed E-state index contributed by atoms with van der Waals surface area (Å²) >= 11 is 2.89. The van der Waals surface area contributed by atoms with Gasteiger partial charge in [-0.3, -0.25) is 4.79 Å². The average molecular weight is 383 g/mol. The van der Waals surface area contributed by atoms with E-state index in [-0.39, 0.29) is 15.7 Å². The van der Waals surface area contributed by atoms with Crippen molar-refractivity contribution in [2.24, 2.45) is 0 Å². The molecule has 2 aromatic rings. The number of rotatable bonds is 4.